The Bertz CT molecular complexity index is 1120. The number of piperazine rings is 1. The Morgan fingerprint density at radius 2 is 1.86 bits per heavy atom. The SMILES string of the molecule is CC(C)(C)OC(=O)N1CCN(CCCCC#Cc2cccc3c2CN(C2CCC(=O)NC2=O)C3=O)CC1. The first-order valence-electron chi connectivity index (χ1n) is 13.1. The van der Waals surface area contributed by atoms with Gasteiger partial charge in [-0.25, -0.2) is 4.79 Å². The van der Waals surface area contributed by atoms with Crippen molar-refractivity contribution in [1.82, 2.24) is 20.0 Å². The van der Waals surface area contributed by atoms with E-state index in [2.05, 4.69) is 22.1 Å². The molecule has 0 spiro atoms. The fourth-order valence-electron chi connectivity index (χ4n) is 4.89. The maximum atomic E-state index is 12.9. The summed E-state index contributed by atoms with van der Waals surface area (Å²) in [6.45, 7) is 10.0. The predicted molar refractivity (Wildman–Crippen MR) is 137 cm³/mol. The topological polar surface area (TPSA) is 99.3 Å². The summed E-state index contributed by atoms with van der Waals surface area (Å²) in [6, 6.07) is 4.89. The van der Waals surface area contributed by atoms with E-state index in [4.69, 9.17) is 4.74 Å². The molecule has 1 aromatic rings. The van der Waals surface area contributed by atoms with E-state index in [9.17, 15) is 19.2 Å². The zero-order chi connectivity index (χ0) is 26.6. The highest BCUT2D eigenvalue weighted by Gasteiger charge is 2.39. The van der Waals surface area contributed by atoms with Crippen molar-refractivity contribution in [2.75, 3.05) is 32.7 Å². The van der Waals surface area contributed by atoms with Crippen molar-refractivity contribution in [3.8, 4) is 11.8 Å². The molecular weight excluding hydrogens is 472 g/mol. The molecule has 1 unspecified atom stereocenters. The zero-order valence-corrected chi connectivity index (χ0v) is 22.0. The molecule has 1 atom stereocenters. The molecule has 0 radical (unpaired) electrons. The summed E-state index contributed by atoms with van der Waals surface area (Å²) in [5, 5.41) is 2.33. The van der Waals surface area contributed by atoms with Crippen LogP contribution in [0, 0.1) is 11.8 Å². The minimum atomic E-state index is -0.621. The average molecular weight is 509 g/mol. The lowest BCUT2D eigenvalue weighted by Crippen LogP contribution is -2.52. The lowest BCUT2D eigenvalue weighted by atomic mass is 10.0. The number of carbonyl (C=O) groups is 4. The van der Waals surface area contributed by atoms with Crippen molar-refractivity contribution in [2.24, 2.45) is 0 Å². The van der Waals surface area contributed by atoms with Crippen LogP contribution in [-0.2, 0) is 20.9 Å². The molecule has 3 aliphatic heterocycles. The van der Waals surface area contributed by atoms with Crippen LogP contribution >= 0.6 is 0 Å². The third kappa shape index (κ3) is 6.69. The first-order chi connectivity index (χ1) is 17.6. The van der Waals surface area contributed by atoms with E-state index < -0.39 is 17.6 Å². The molecule has 9 nitrogen and oxygen atoms in total. The van der Waals surface area contributed by atoms with Gasteiger partial charge in [0.25, 0.3) is 5.91 Å². The van der Waals surface area contributed by atoms with E-state index in [0.717, 1.165) is 50.0 Å². The molecule has 4 rings (SSSR count). The number of benzene rings is 1. The van der Waals surface area contributed by atoms with Crippen LogP contribution in [0.3, 0.4) is 0 Å². The largest absolute Gasteiger partial charge is 0.444 e. The summed E-state index contributed by atoms with van der Waals surface area (Å²) in [7, 11) is 0. The summed E-state index contributed by atoms with van der Waals surface area (Å²) in [5.41, 5.74) is 1.78. The summed E-state index contributed by atoms with van der Waals surface area (Å²) in [6.07, 6.45) is 3.10. The van der Waals surface area contributed by atoms with Crippen molar-refractivity contribution >= 4 is 23.8 Å². The van der Waals surface area contributed by atoms with Crippen molar-refractivity contribution in [1.29, 1.82) is 0 Å². The van der Waals surface area contributed by atoms with Crippen LogP contribution in [0.5, 0.6) is 0 Å². The van der Waals surface area contributed by atoms with E-state index in [1.807, 2.05) is 32.9 Å². The lowest BCUT2D eigenvalue weighted by Gasteiger charge is -2.35. The van der Waals surface area contributed by atoms with Gasteiger partial charge in [0.1, 0.15) is 11.6 Å². The van der Waals surface area contributed by atoms with Gasteiger partial charge in [0.05, 0.1) is 0 Å². The van der Waals surface area contributed by atoms with Gasteiger partial charge in [0, 0.05) is 56.7 Å². The Kier molecular flexibility index (Phi) is 8.18. The minimum Gasteiger partial charge on any atom is -0.444 e. The van der Waals surface area contributed by atoms with E-state index in [-0.39, 0.29) is 24.3 Å². The maximum Gasteiger partial charge on any atom is 0.410 e. The highest BCUT2D eigenvalue weighted by molar-refractivity contribution is 6.05. The van der Waals surface area contributed by atoms with Crippen LogP contribution in [0.25, 0.3) is 0 Å². The highest BCUT2D eigenvalue weighted by Crippen LogP contribution is 2.29. The van der Waals surface area contributed by atoms with Gasteiger partial charge in [0.2, 0.25) is 11.8 Å². The highest BCUT2D eigenvalue weighted by atomic mass is 16.6. The number of rotatable bonds is 5. The normalized spacial score (nSPS) is 20.3. The molecule has 4 amide bonds. The number of nitrogens with zero attached hydrogens (tertiary/aromatic N) is 3. The van der Waals surface area contributed by atoms with Gasteiger partial charge in [-0.3, -0.25) is 24.6 Å². The van der Waals surface area contributed by atoms with Gasteiger partial charge >= 0.3 is 6.09 Å². The Labute approximate surface area is 218 Å². The fourth-order valence-corrected chi connectivity index (χ4v) is 4.89. The number of fused-ring (bicyclic) bond motifs is 1. The van der Waals surface area contributed by atoms with Gasteiger partial charge in [-0.2, -0.15) is 0 Å². The zero-order valence-electron chi connectivity index (χ0n) is 22.0. The van der Waals surface area contributed by atoms with E-state index >= 15 is 0 Å². The molecule has 0 aromatic heterocycles. The molecule has 3 heterocycles. The number of carbonyl (C=O) groups excluding carboxylic acids is 4. The van der Waals surface area contributed by atoms with Crippen molar-refractivity contribution in [2.45, 2.75) is 71.1 Å². The monoisotopic (exact) mass is 508 g/mol. The van der Waals surface area contributed by atoms with Gasteiger partial charge in [-0.15, -0.1) is 0 Å². The Balaban J connectivity index is 1.22. The third-order valence-electron chi connectivity index (χ3n) is 6.86. The molecular formula is C28H36N4O5. The van der Waals surface area contributed by atoms with Crippen molar-refractivity contribution in [3.63, 3.8) is 0 Å². The van der Waals surface area contributed by atoms with Gasteiger partial charge in [0.15, 0.2) is 0 Å². The second-order valence-electron chi connectivity index (χ2n) is 10.8. The summed E-state index contributed by atoms with van der Waals surface area (Å²) in [4.78, 5) is 54.6. The number of piperidine rings is 1. The van der Waals surface area contributed by atoms with Crippen LogP contribution in [-0.4, -0.2) is 82.9 Å². The smallest absolute Gasteiger partial charge is 0.410 e. The quantitative estimate of drug-likeness (QED) is 0.373. The Morgan fingerprint density at radius 3 is 2.57 bits per heavy atom. The minimum absolute atomic E-state index is 0.181. The van der Waals surface area contributed by atoms with Gasteiger partial charge in [-0.05, 0) is 64.3 Å². The van der Waals surface area contributed by atoms with Gasteiger partial charge < -0.3 is 14.5 Å². The molecule has 2 saturated heterocycles. The summed E-state index contributed by atoms with van der Waals surface area (Å²) in [5.74, 6) is 5.59. The summed E-state index contributed by atoms with van der Waals surface area (Å²) < 4.78 is 5.46. The molecule has 0 aliphatic carbocycles. The molecule has 37 heavy (non-hydrogen) atoms. The molecule has 9 heteroatoms. The van der Waals surface area contributed by atoms with Crippen molar-refractivity contribution < 1.29 is 23.9 Å². The lowest BCUT2D eigenvalue weighted by molar-refractivity contribution is -0.136. The number of nitrogens with one attached hydrogen (secondary N) is 1. The molecule has 0 bridgehead atoms. The molecule has 1 aromatic carbocycles. The third-order valence-corrected chi connectivity index (χ3v) is 6.86. The second-order valence-corrected chi connectivity index (χ2v) is 10.8. The van der Waals surface area contributed by atoms with Crippen LogP contribution in [0.1, 0.15) is 74.4 Å². The Hall–Kier alpha value is -3.38. The standard InChI is InChI=1S/C28H36N4O5/c1-28(2,3)37-27(36)31-17-15-30(16-18-31)14-7-5-4-6-9-20-10-8-11-21-22(20)19-32(26(21)35)23-12-13-24(33)29-25(23)34/h8,10-11,23H,4-5,7,12-19H2,1-3H3,(H,29,33,34). The second kappa shape index (κ2) is 11.3. The van der Waals surface area contributed by atoms with E-state index in [1.54, 1.807) is 15.9 Å². The number of unbranched alkanes of at least 4 members (excludes halogenated alkanes) is 2. The molecule has 2 fully saturated rings. The van der Waals surface area contributed by atoms with Crippen molar-refractivity contribution in [3.05, 3.63) is 34.9 Å². The first-order valence-corrected chi connectivity index (χ1v) is 13.1. The van der Waals surface area contributed by atoms with Crippen LogP contribution in [0.15, 0.2) is 18.2 Å². The molecule has 198 valence electrons. The summed E-state index contributed by atoms with van der Waals surface area (Å²) >= 11 is 0. The van der Waals surface area contributed by atoms with E-state index in [1.165, 1.54) is 0 Å². The average Bonchev–Trinajstić information content (AvgIpc) is 3.17. The number of hydrogen-bond donors (Lipinski definition) is 1. The Morgan fingerprint density at radius 1 is 1.11 bits per heavy atom. The number of ether oxygens (including phenoxy) is 1. The van der Waals surface area contributed by atoms with Crippen LogP contribution < -0.4 is 5.32 Å². The number of hydrogen-bond acceptors (Lipinski definition) is 6. The van der Waals surface area contributed by atoms with Crippen LogP contribution in [0.2, 0.25) is 0 Å². The predicted octanol–water partition coefficient (Wildman–Crippen LogP) is 2.52. The van der Waals surface area contributed by atoms with Crippen LogP contribution in [0.4, 0.5) is 4.79 Å². The fraction of sp³-hybridized carbons (Fsp3) is 0.571. The molecule has 3 aliphatic rings. The maximum absolute atomic E-state index is 12.9. The van der Waals surface area contributed by atoms with Gasteiger partial charge in [-0.1, -0.05) is 17.9 Å². The number of imide groups is 1. The van der Waals surface area contributed by atoms with E-state index in [0.29, 0.717) is 31.6 Å². The molecule has 0 saturated carbocycles. The number of amides is 4. The molecule has 1 N–H and O–H groups in total. The first kappa shape index (κ1) is 26.7.